The molecule has 0 aromatic carbocycles. The first-order chi connectivity index (χ1) is 7.49. The molecule has 1 amide bonds. The molecule has 1 aromatic heterocycles. The van der Waals surface area contributed by atoms with Crippen molar-refractivity contribution in [1.82, 2.24) is 15.5 Å². The van der Waals surface area contributed by atoms with Crippen LogP contribution in [0.3, 0.4) is 0 Å². The van der Waals surface area contributed by atoms with Crippen molar-refractivity contribution in [2.24, 2.45) is 5.92 Å². The lowest BCUT2D eigenvalue weighted by Crippen LogP contribution is -2.45. The second kappa shape index (κ2) is 3.73. The Kier molecular flexibility index (Phi) is 2.53. The van der Waals surface area contributed by atoms with Crippen LogP contribution in [0.1, 0.15) is 37.2 Å². The van der Waals surface area contributed by atoms with Gasteiger partial charge in [0, 0.05) is 5.54 Å². The maximum Gasteiger partial charge on any atom is 0.272 e. The van der Waals surface area contributed by atoms with E-state index in [1.165, 1.54) is 12.8 Å². The van der Waals surface area contributed by atoms with E-state index < -0.39 is 0 Å². The van der Waals surface area contributed by atoms with Crippen LogP contribution in [-0.2, 0) is 0 Å². The fourth-order valence-electron chi connectivity index (χ4n) is 1.73. The summed E-state index contributed by atoms with van der Waals surface area (Å²) in [6.45, 7) is 4.07. The van der Waals surface area contributed by atoms with Crippen LogP contribution in [0.4, 0.5) is 5.82 Å². The van der Waals surface area contributed by atoms with Crippen LogP contribution in [0, 0.1) is 5.92 Å². The summed E-state index contributed by atoms with van der Waals surface area (Å²) in [5.41, 5.74) is 5.55. The number of nitrogens with two attached hydrogens (primary N) is 1. The highest BCUT2D eigenvalue weighted by Crippen LogP contribution is 2.39. The Hall–Kier alpha value is -1.65. The molecule has 1 saturated carbocycles. The lowest BCUT2D eigenvalue weighted by atomic mass is 9.98. The Bertz CT molecular complexity index is 395. The Labute approximate surface area is 94.4 Å². The van der Waals surface area contributed by atoms with Gasteiger partial charge in [-0.1, -0.05) is 0 Å². The molecule has 0 saturated heterocycles. The lowest BCUT2D eigenvalue weighted by molar-refractivity contribution is 0.0897. The van der Waals surface area contributed by atoms with Crippen molar-refractivity contribution in [2.75, 3.05) is 5.73 Å². The molecule has 0 radical (unpaired) electrons. The molecule has 16 heavy (non-hydrogen) atoms. The molecule has 0 bridgehead atoms. The van der Waals surface area contributed by atoms with Crippen molar-refractivity contribution >= 4 is 11.7 Å². The minimum atomic E-state index is -0.190. The Balaban J connectivity index is 2.05. The first-order valence-electron chi connectivity index (χ1n) is 5.41. The molecule has 86 valence electrons. The summed E-state index contributed by atoms with van der Waals surface area (Å²) in [6.07, 6.45) is 2.36. The molecule has 0 atom stereocenters. The summed E-state index contributed by atoms with van der Waals surface area (Å²) in [4.78, 5) is 11.8. The summed E-state index contributed by atoms with van der Waals surface area (Å²) in [7, 11) is 0. The van der Waals surface area contributed by atoms with E-state index in [2.05, 4.69) is 15.5 Å². The number of carbonyl (C=O) groups is 1. The molecule has 0 aliphatic heterocycles. The monoisotopic (exact) mass is 220 g/mol. The quantitative estimate of drug-likeness (QED) is 0.795. The molecule has 5 heteroatoms. The lowest BCUT2D eigenvalue weighted by Gasteiger charge is -2.25. The molecule has 1 fully saturated rings. The van der Waals surface area contributed by atoms with Crippen molar-refractivity contribution in [3.8, 4) is 0 Å². The number of hydrogen-bond acceptors (Lipinski definition) is 4. The fraction of sp³-hybridized carbons (Fsp3) is 0.545. The molecule has 3 N–H and O–H groups in total. The minimum Gasteiger partial charge on any atom is -0.382 e. The van der Waals surface area contributed by atoms with Gasteiger partial charge in [0.15, 0.2) is 5.69 Å². The number of anilines is 1. The number of nitrogen functional groups attached to an aromatic ring is 1. The Morgan fingerprint density at radius 1 is 1.44 bits per heavy atom. The topological polar surface area (TPSA) is 80.9 Å². The van der Waals surface area contributed by atoms with Crippen molar-refractivity contribution in [3.63, 3.8) is 0 Å². The van der Waals surface area contributed by atoms with E-state index in [-0.39, 0.29) is 11.4 Å². The summed E-state index contributed by atoms with van der Waals surface area (Å²) >= 11 is 0. The van der Waals surface area contributed by atoms with Crippen LogP contribution in [0.5, 0.6) is 0 Å². The highest BCUT2D eigenvalue weighted by atomic mass is 16.2. The molecular formula is C11H16N4O. The van der Waals surface area contributed by atoms with E-state index in [4.69, 9.17) is 5.73 Å². The predicted molar refractivity (Wildman–Crippen MR) is 60.7 cm³/mol. The zero-order valence-electron chi connectivity index (χ0n) is 9.53. The maximum atomic E-state index is 11.8. The van der Waals surface area contributed by atoms with E-state index in [0.29, 0.717) is 17.4 Å². The molecule has 2 rings (SSSR count). The fourth-order valence-corrected chi connectivity index (χ4v) is 1.73. The molecule has 0 unspecified atom stereocenters. The van der Waals surface area contributed by atoms with Crippen molar-refractivity contribution in [3.05, 3.63) is 17.8 Å². The van der Waals surface area contributed by atoms with E-state index in [1.54, 1.807) is 12.1 Å². The second-order valence-corrected chi connectivity index (χ2v) is 4.79. The highest BCUT2D eigenvalue weighted by molar-refractivity contribution is 5.92. The Morgan fingerprint density at radius 3 is 2.62 bits per heavy atom. The number of nitrogens with one attached hydrogen (secondary N) is 1. The highest BCUT2D eigenvalue weighted by Gasteiger charge is 2.39. The van der Waals surface area contributed by atoms with Gasteiger partial charge in [-0.25, -0.2) is 0 Å². The molecule has 1 aromatic rings. The number of nitrogens with zero attached hydrogens (tertiary/aromatic N) is 2. The zero-order valence-corrected chi connectivity index (χ0v) is 9.53. The molecule has 1 heterocycles. The first-order valence-corrected chi connectivity index (χ1v) is 5.41. The van der Waals surface area contributed by atoms with Gasteiger partial charge in [0.2, 0.25) is 0 Å². The number of carbonyl (C=O) groups excluding carboxylic acids is 1. The van der Waals surface area contributed by atoms with Crippen LogP contribution in [0.2, 0.25) is 0 Å². The van der Waals surface area contributed by atoms with Gasteiger partial charge < -0.3 is 11.1 Å². The molecular weight excluding hydrogens is 204 g/mol. The summed E-state index contributed by atoms with van der Waals surface area (Å²) in [5, 5.41) is 10.4. The largest absolute Gasteiger partial charge is 0.382 e. The number of amides is 1. The van der Waals surface area contributed by atoms with Crippen molar-refractivity contribution < 1.29 is 4.79 Å². The summed E-state index contributed by atoms with van der Waals surface area (Å²) < 4.78 is 0. The number of hydrogen-bond donors (Lipinski definition) is 2. The average Bonchev–Trinajstić information content (AvgIpc) is 3.01. The third-order valence-electron chi connectivity index (χ3n) is 2.95. The summed E-state index contributed by atoms with van der Waals surface area (Å²) in [5.74, 6) is 0.709. The van der Waals surface area contributed by atoms with Crippen LogP contribution < -0.4 is 11.1 Å². The minimum absolute atomic E-state index is 0.167. The number of aromatic nitrogens is 2. The zero-order chi connectivity index (χ0) is 11.8. The van der Waals surface area contributed by atoms with Gasteiger partial charge in [-0.2, -0.15) is 0 Å². The summed E-state index contributed by atoms with van der Waals surface area (Å²) in [6, 6.07) is 3.16. The van der Waals surface area contributed by atoms with Crippen LogP contribution in [0.15, 0.2) is 12.1 Å². The first kappa shape index (κ1) is 10.9. The van der Waals surface area contributed by atoms with Gasteiger partial charge in [0.05, 0.1) is 0 Å². The Morgan fingerprint density at radius 2 is 2.12 bits per heavy atom. The molecule has 5 nitrogen and oxygen atoms in total. The molecule has 0 spiro atoms. The van der Waals surface area contributed by atoms with Crippen LogP contribution in [-0.4, -0.2) is 21.6 Å². The standard InChI is InChI=1S/C11H16N4O/c1-11(2,7-3-4-7)13-10(16)8-5-6-9(12)15-14-8/h5-7H,3-4H2,1-2H3,(H2,12,15)(H,13,16). The van der Waals surface area contributed by atoms with E-state index >= 15 is 0 Å². The van der Waals surface area contributed by atoms with Gasteiger partial charge >= 0.3 is 0 Å². The van der Waals surface area contributed by atoms with E-state index in [9.17, 15) is 4.79 Å². The second-order valence-electron chi connectivity index (χ2n) is 4.79. The van der Waals surface area contributed by atoms with Crippen molar-refractivity contribution in [1.29, 1.82) is 0 Å². The third-order valence-corrected chi connectivity index (χ3v) is 2.95. The average molecular weight is 220 g/mol. The smallest absolute Gasteiger partial charge is 0.272 e. The van der Waals surface area contributed by atoms with E-state index in [1.807, 2.05) is 13.8 Å². The van der Waals surface area contributed by atoms with Crippen LogP contribution >= 0.6 is 0 Å². The van der Waals surface area contributed by atoms with E-state index in [0.717, 1.165) is 0 Å². The SMILES string of the molecule is CC(C)(NC(=O)c1ccc(N)nn1)C1CC1. The maximum absolute atomic E-state index is 11.8. The molecule has 1 aliphatic carbocycles. The van der Waals surface area contributed by atoms with Crippen LogP contribution in [0.25, 0.3) is 0 Å². The van der Waals surface area contributed by atoms with Gasteiger partial charge in [0.25, 0.3) is 5.91 Å². The predicted octanol–water partition coefficient (Wildman–Crippen LogP) is 0.977. The normalized spacial score (nSPS) is 15.9. The van der Waals surface area contributed by atoms with Crippen molar-refractivity contribution in [2.45, 2.75) is 32.2 Å². The van der Waals surface area contributed by atoms with Gasteiger partial charge in [-0.3, -0.25) is 4.79 Å². The van der Waals surface area contributed by atoms with Gasteiger partial charge in [-0.05, 0) is 44.7 Å². The molecule has 1 aliphatic rings. The van der Waals surface area contributed by atoms with Gasteiger partial charge in [0.1, 0.15) is 5.82 Å². The van der Waals surface area contributed by atoms with Gasteiger partial charge in [-0.15, -0.1) is 10.2 Å². The third kappa shape index (κ3) is 2.29. The number of rotatable bonds is 3.